The number of carbonyl (C=O) groups excluding carboxylic acids is 1. The summed E-state index contributed by atoms with van der Waals surface area (Å²) in [6.45, 7) is 0.273. The van der Waals surface area contributed by atoms with E-state index in [-0.39, 0.29) is 31.8 Å². The smallest absolute Gasteiger partial charge is 0.391 e. The van der Waals surface area contributed by atoms with Gasteiger partial charge in [-0.05, 0) is 31.0 Å². The van der Waals surface area contributed by atoms with Crippen molar-refractivity contribution in [2.24, 2.45) is 5.92 Å². The summed E-state index contributed by atoms with van der Waals surface area (Å²) in [5.74, 6) is -1.55. The number of anilines is 1. The number of benzene rings is 1. The van der Waals surface area contributed by atoms with E-state index >= 15 is 0 Å². The lowest BCUT2D eigenvalue weighted by molar-refractivity contribution is -0.183. The van der Waals surface area contributed by atoms with Gasteiger partial charge >= 0.3 is 6.18 Å². The Kier molecular flexibility index (Phi) is 3.68. The number of piperidine rings is 1. The fraction of sp³-hybridized carbons (Fsp3) is 0.462. The van der Waals surface area contributed by atoms with Crippen LogP contribution in [0.1, 0.15) is 23.2 Å². The number of likely N-dealkylation sites (tertiary alicyclic amines) is 1. The van der Waals surface area contributed by atoms with Crippen LogP contribution in [0.2, 0.25) is 0 Å². The highest BCUT2D eigenvalue weighted by atomic mass is 19.4. The monoisotopic (exact) mass is 272 g/mol. The standard InChI is InChI=1S/C13H15F3N2O/c14-13(15,16)10-4-6-18(7-5-10)12(19)9-2-1-3-11(17)8-9/h1-3,8,10H,4-7,17H2. The van der Waals surface area contributed by atoms with Gasteiger partial charge in [-0.25, -0.2) is 0 Å². The number of nitrogens with zero attached hydrogens (tertiary/aromatic N) is 1. The summed E-state index contributed by atoms with van der Waals surface area (Å²) in [6, 6.07) is 6.48. The third-order valence-electron chi connectivity index (χ3n) is 3.38. The molecule has 6 heteroatoms. The van der Waals surface area contributed by atoms with Gasteiger partial charge in [0.15, 0.2) is 0 Å². The Morgan fingerprint density at radius 1 is 1.26 bits per heavy atom. The van der Waals surface area contributed by atoms with Crippen molar-refractivity contribution < 1.29 is 18.0 Å². The number of amides is 1. The Hall–Kier alpha value is -1.72. The zero-order valence-corrected chi connectivity index (χ0v) is 10.3. The lowest BCUT2D eigenvalue weighted by atomic mass is 9.96. The molecular weight excluding hydrogens is 257 g/mol. The van der Waals surface area contributed by atoms with Gasteiger partial charge in [-0.2, -0.15) is 13.2 Å². The third-order valence-corrected chi connectivity index (χ3v) is 3.38. The first-order valence-electron chi connectivity index (χ1n) is 6.09. The first-order valence-corrected chi connectivity index (χ1v) is 6.09. The van der Waals surface area contributed by atoms with Gasteiger partial charge in [0.25, 0.3) is 5.91 Å². The fourth-order valence-electron chi connectivity index (χ4n) is 2.26. The van der Waals surface area contributed by atoms with Crippen LogP contribution in [0.4, 0.5) is 18.9 Å². The molecule has 0 saturated carbocycles. The number of halogens is 3. The molecule has 2 rings (SSSR count). The van der Waals surface area contributed by atoms with E-state index in [4.69, 9.17) is 5.73 Å². The second-order valence-corrected chi connectivity index (χ2v) is 4.73. The predicted octanol–water partition coefficient (Wildman–Crippen LogP) is 2.68. The summed E-state index contributed by atoms with van der Waals surface area (Å²) >= 11 is 0. The molecule has 0 unspecified atom stereocenters. The molecular formula is C13H15F3N2O. The molecule has 1 aliphatic heterocycles. The van der Waals surface area contributed by atoms with Crippen LogP contribution in [0.3, 0.4) is 0 Å². The van der Waals surface area contributed by atoms with Gasteiger partial charge in [-0.15, -0.1) is 0 Å². The summed E-state index contributed by atoms with van der Waals surface area (Å²) < 4.78 is 37.6. The zero-order valence-electron chi connectivity index (χ0n) is 10.3. The number of hydrogen-bond acceptors (Lipinski definition) is 2. The number of nitrogen functional groups attached to an aromatic ring is 1. The quantitative estimate of drug-likeness (QED) is 0.799. The molecule has 0 radical (unpaired) electrons. The van der Waals surface area contributed by atoms with E-state index < -0.39 is 12.1 Å². The number of rotatable bonds is 1. The first-order chi connectivity index (χ1) is 8.88. The maximum absolute atomic E-state index is 12.5. The Morgan fingerprint density at radius 3 is 2.42 bits per heavy atom. The molecule has 19 heavy (non-hydrogen) atoms. The van der Waals surface area contributed by atoms with Crippen molar-refractivity contribution in [3.8, 4) is 0 Å². The molecule has 104 valence electrons. The number of nitrogens with two attached hydrogens (primary N) is 1. The van der Waals surface area contributed by atoms with Crippen LogP contribution < -0.4 is 5.73 Å². The minimum Gasteiger partial charge on any atom is -0.399 e. The topological polar surface area (TPSA) is 46.3 Å². The number of carbonyl (C=O) groups is 1. The number of alkyl halides is 3. The Morgan fingerprint density at radius 2 is 1.89 bits per heavy atom. The Labute approximate surface area is 109 Å². The molecule has 1 saturated heterocycles. The van der Waals surface area contributed by atoms with Crippen LogP contribution in [0.15, 0.2) is 24.3 Å². The molecule has 0 bridgehead atoms. The van der Waals surface area contributed by atoms with Crippen LogP contribution >= 0.6 is 0 Å². The van der Waals surface area contributed by atoms with Crippen LogP contribution in [-0.4, -0.2) is 30.1 Å². The van der Waals surface area contributed by atoms with E-state index in [1.807, 2.05) is 0 Å². The molecule has 0 spiro atoms. The molecule has 0 atom stereocenters. The lowest BCUT2D eigenvalue weighted by Crippen LogP contribution is -2.42. The van der Waals surface area contributed by atoms with E-state index in [2.05, 4.69) is 0 Å². The van der Waals surface area contributed by atoms with Crippen molar-refractivity contribution in [3.63, 3.8) is 0 Å². The maximum Gasteiger partial charge on any atom is 0.391 e. The average Bonchev–Trinajstić information content (AvgIpc) is 2.37. The van der Waals surface area contributed by atoms with Crippen molar-refractivity contribution in [2.75, 3.05) is 18.8 Å². The highest BCUT2D eigenvalue weighted by molar-refractivity contribution is 5.95. The summed E-state index contributed by atoms with van der Waals surface area (Å²) in [7, 11) is 0. The van der Waals surface area contributed by atoms with E-state index in [1.165, 1.54) is 11.0 Å². The normalized spacial score (nSPS) is 17.5. The fourth-order valence-corrected chi connectivity index (χ4v) is 2.26. The molecule has 1 aromatic carbocycles. The average molecular weight is 272 g/mol. The van der Waals surface area contributed by atoms with Crippen LogP contribution in [-0.2, 0) is 0 Å². The number of hydrogen-bond donors (Lipinski definition) is 1. The largest absolute Gasteiger partial charge is 0.399 e. The van der Waals surface area contributed by atoms with Gasteiger partial charge < -0.3 is 10.6 Å². The SMILES string of the molecule is Nc1cccc(C(=O)N2CCC(C(F)(F)F)CC2)c1. The second kappa shape index (κ2) is 5.11. The summed E-state index contributed by atoms with van der Waals surface area (Å²) in [4.78, 5) is 13.6. The van der Waals surface area contributed by atoms with Gasteiger partial charge in [0.2, 0.25) is 0 Å². The molecule has 1 aliphatic rings. The molecule has 0 aliphatic carbocycles. The van der Waals surface area contributed by atoms with Gasteiger partial charge in [0, 0.05) is 24.3 Å². The molecule has 1 heterocycles. The molecule has 1 amide bonds. The van der Waals surface area contributed by atoms with Crippen LogP contribution in [0.5, 0.6) is 0 Å². The van der Waals surface area contributed by atoms with Crippen molar-refractivity contribution in [2.45, 2.75) is 19.0 Å². The highest BCUT2D eigenvalue weighted by Gasteiger charge is 2.41. The van der Waals surface area contributed by atoms with Crippen molar-refractivity contribution in [1.82, 2.24) is 4.90 Å². The van der Waals surface area contributed by atoms with E-state index in [9.17, 15) is 18.0 Å². The molecule has 3 nitrogen and oxygen atoms in total. The predicted molar refractivity (Wildman–Crippen MR) is 65.5 cm³/mol. The van der Waals surface area contributed by atoms with Crippen molar-refractivity contribution in [3.05, 3.63) is 29.8 Å². The minimum atomic E-state index is -4.16. The Balaban J connectivity index is 2.00. The molecule has 0 aromatic heterocycles. The summed E-state index contributed by atoms with van der Waals surface area (Å²) in [5.41, 5.74) is 6.48. The maximum atomic E-state index is 12.5. The highest BCUT2D eigenvalue weighted by Crippen LogP contribution is 2.34. The van der Waals surface area contributed by atoms with Gasteiger partial charge in [-0.1, -0.05) is 6.07 Å². The molecule has 2 N–H and O–H groups in total. The van der Waals surface area contributed by atoms with Crippen LogP contribution in [0, 0.1) is 5.92 Å². The van der Waals surface area contributed by atoms with Gasteiger partial charge in [-0.3, -0.25) is 4.79 Å². The van der Waals surface area contributed by atoms with Gasteiger partial charge in [0.1, 0.15) is 0 Å². The van der Waals surface area contributed by atoms with E-state index in [1.54, 1.807) is 18.2 Å². The minimum absolute atomic E-state index is 0.0302. The van der Waals surface area contributed by atoms with Crippen molar-refractivity contribution >= 4 is 11.6 Å². The summed E-state index contributed by atoms with van der Waals surface area (Å²) in [6.07, 6.45) is -4.22. The van der Waals surface area contributed by atoms with Gasteiger partial charge in [0.05, 0.1) is 5.92 Å². The van der Waals surface area contributed by atoms with E-state index in [0.29, 0.717) is 11.3 Å². The summed E-state index contributed by atoms with van der Waals surface area (Å²) in [5, 5.41) is 0. The third kappa shape index (κ3) is 3.19. The first kappa shape index (κ1) is 13.7. The molecule has 1 aromatic rings. The van der Waals surface area contributed by atoms with E-state index in [0.717, 1.165) is 0 Å². The molecule has 1 fully saturated rings. The Bertz CT molecular complexity index is 465. The van der Waals surface area contributed by atoms with Crippen molar-refractivity contribution in [1.29, 1.82) is 0 Å². The second-order valence-electron chi connectivity index (χ2n) is 4.73. The zero-order chi connectivity index (χ0) is 14.0. The van der Waals surface area contributed by atoms with Crippen LogP contribution in [0.25, 0.3) is 0 Å². The lowest BCUT2D eigenvalue weighted by Gasteiger charge is -2.33.